The zero-order valence-corrected chi connectivity index (χ0v) is 13.6. The van der Waals surface area contributed by atoms with Crippen molar-refractivity contribution in [2.75, 3.05) is 26.5 Å². The van der Waals surface area contributed by atoms with Crippen LogP contribution in [-0.4, -0.2) is 82.8 Å². The van der Waals surface area contributed by atoms with Crippen molar-refractivity contribution in [2.24, 2.45) is 10.8 Å². The van der Waals surface area contributed by atoms with Crippen LogP contribution in [0.15, 0.2) is 0 Å². The van der Waals surface area contributed by atoms with Crippen LogP contribution in [0.2, 0.25) is 0 Å². The van der Waals surface area contributed by atoms with Crippen molar-refractivity contribution >= 4 is 0 Å². The molecule has 3 N–H and O–H groups in total. The average molecular weight is 462 g/mol. The Morgan fingerprint density at radius 1 is 0.414 bits per heavy atom. The molecule has 3 nitrogen and oxygen atoms in total. The summed E-state index contributed by atoms with van der Waals surface area (Å²) in [5.74, 6) is -35.3. The van der Waals surface area contributed by atoms with Gasteiger partial charge in [0.05, 0.1) is 19.8 Å². The molecule has 2 unspecified atom stereocenters. The minimum absolute atomic E-state index is 3.35. The monoisotopic (exact) mass is 462 g/mol. The second-order valence-corrected chi connectivity index (χ2v) is 6.89. The lowest BCUT2D eigenvalue weighted by Gasteiger charge is -2.70. The molecule has 0 heterocycles. The van der Waals surface area contributed by atoms with Gasteiger partial charge in [0.2, 0.25) is 0 Å². The highest BCUT2D eigenvalue weighted by Gasteiger charge is 3.10. The maximum atomic E-state index is 14.8. The summed E-state index contributed by atoms with van der Waals surface area (Å²) in [4.78, 5) is 0. The molecule has 172 valence electrons. The average Bonchev–Trinajstić information content (AvgIpc) is 2.58. The number of aliphatic hydroxyl groups is 3. The van der Waals surface area contributed by atoms with E-state index in [1.165, 1.54) is 0 Å². The fourth-order valence-corrected chi connectivity index (χ4v) is 4.26. The van der Waals surface area contributed by atoms with E-state index in [9.17, 15) is 57.1 Å². The Morgan fingerprint density at radius 3 is 0.897 bits per heavy atom. The fraction of sp³-hybridized carbons (Fsp3) is 1.00. The van der Waals surface area contributed by atoms with Gasteiger partial charge in [-0.15, -0.1) is 0 Å². The highest BCUT2D eigenvalue weighted by molar-refractivity contribution is 5.41. The van der Waals surface area contributed by atoms with Gasteiger partial charge in [0.15, 0.2) is 10.8 Å². The Hall–Kier alpha value is -1.03. The summed E-state index contributed by atoms with van der Waals surface area (Å²) in [7, 11) is 0. The molecular weight excluding hydrogens is 451 g/mol. The predicted octanol–water partition coefficient (Wildman–Crippen LogP) is 2.53. The van der Waals surface area contributed by atoms with Gasteiger partial charge in [-0.25, -0.2) is 57.1 Å². The number of rotatable bonds is 4. The second-order valence-electron chi connectivity index (χ2n) is 6.89. The highest BCUT2D eigenvalue weighted by Crippen LogP contribution is 2.84. The quantitative estimate of drug-likeness (QED) is 0.564. The molecule has 0 amide bonds. The van der Waals surface area contributed by atoms with E-state index in [1.54, 1.807) is 0 Å². The Balaban J connectivity index is 3.32. The highest BCUT2D eigenvalue weighted by atomic mass is 19.3. The first-order valence-corrected chi connectivity index (χ1v) is 7.40. The minimum Gasteiger partial charge on any atom is -0.395 e. The van der Waals surface area contributed by atoms with Crippen molar-refractivity contribution in [3.05, 3.63) is 0 Å². The molecule has 2 aliphatic carbocycles. The number of hydrogen-bond acceptors (Lipinski definition) is 3. The van der Waals surface area contributed by atoms with E-state index >= 15 is 0 Å². The topological polar surface area (TPSA) is 60.7 Å². The number of aliphatic hydroxyl groups excluding tert-OH is 3. The molecule has 2 aliphatic rings. The van der Waals surface area contributed by atoms with Gasteiger partial charge in [0, 0.05) is 0 Å². The summed E-state index contributed by atoms with van der Waals surface area (Å²) in [6.07, 6.45) is 0. The lowest BCUT2D eigenvalue weighted by molar-refractivity contribution is -0.553. The Labute approximate surface area is 152 Å². The van der Waals surface area contributed by atoms with Crippen LogP contribution in [0.3, 0.4) is 0 Å². The molecule has 2 rings (SSSR count). The lowest BCUT2D eigenvalue weighted by atomic mass is 9.40. The van der Waals surface area contributed by atoms with E-state index in [1.807, 2.05) is 0 Å². The van der Waals surface area contributed by atoms with Gasteiger partial charge in [-0.1, -0.05) is 0 Å². The van der Waals surface area contributed by atoms with Crippen LogP contribution in [-0.2, 0) is 0 Å². The molecule has 0 aromatic carbocycles. The van der Waals surface area contributed by atoms with Gasteiger partial charge in [0.1, 0.15) is 6.67 Å². The van der Waals surface area contributed by atoms with Crippen LogP contribution >= 0.6 is 0 Å². The first-order chi connectivity index (χ1) is 12.7. The molecule has 0 radical (unpaired) electrons. The smallest absolute Gasteiger partial charge is 0.309 e. The SMILES string of the molecule is OCC1(F)C(F)(F)C2(CO)C(F)(F)C(F)(CF)C(F)(F)C(CO)(C1(F)F)C2(F)F. The van der Waals surface area contributed by atoms with E-state index < -0.39 is 78.3 Å². The van der Waals surface area contributed by atoms with E-state index in [2.05, 4.69) is 0 Å². The normalized spacial score (nSPS) is 46.3. The summed E-state index contributed by atoms with van der Waals surface area (Å²) in [6, 6.07) is 0. The molecule has 0 aromatic rings. The molecule has 2 saturated carbocycles. The maximum Gasteiger partial charge on any atom is 0.309 e. The molecule has 0 saturated heterocycles. The number of fused-ring (bicyclic) bond motifs is 2. The fourth-order valence-electron chi connectivity index (χ4n) is 4.26. The lowest BCUT2D eigenvalue weighted by Crippen LogP contribution is -2.98. The predicted molar refractivity (Wildman–Crippen MR) is 64.5 cm³/mol. The van der Waals surface area contributed by atoms with Crippen LogP contribution in [0, 0.1) is 10.8 Å². The standard InChI is InChI=1S/C13H11F13O3/c14-1-7(15)10(19,20)5(2-27)9(17,18)6(3-28,11(7,21)22)13(25,26)8(16,4-29)12(5,23)24/h27-29H,1-4H2. The molecular formula is C13H11F13O3. The van der Waals surface area contributed by atoms with Gasteiger partial charge in [-0.2, -0.15) is 0 Å². The van der Waals surface area contributed by atoms with E-state index in [-0.39, 0.29) is 0 Å². The van der Waals surface area contributed by atoms with Gasteiger partial charge >= 0.3 is 23.7 Å². The van der Waals surface area contributed by atoms with E-state index in [0.717, 1.165) is 0 Å². The van der Waals surface area contributed by atoms with Crippen molar-refractivity contribution in [1.29, 1.82) is 0 Å². The molecule has 2 fully saturated rings. The zero-order valence-electron chi connectivity index (χ0n) is 13.6. The molecule has 2 atom stereocenters. The molecule has 29 heavy (non-hydrogen) atoms. The summed E-state index contributed by atoms with van der Waals surface area (Å²) < 4.78 is 188. The minimum atomic E-state index is -7.11. The van der Waals surface area contributed by atoms with Crippen molar-refractivity contribution in [3.8, 4) is 0 Å². The summed E-state index contributed by atoms with van der Waals surface area (Å²) in [6.45, 7) is -14.2. The van der Waals surface area contributed by atoms with Crippen LogP contribution in [0.4, 0.5) is 57.1 Å². The van der Waals surface area contributed by atoms with Crippen LogP contribution < -0.4 is 0 Å². The third-order valence-corrected chi connectivity index (χ3v) is 6.08. The Kier molecular flexibility index (Phi) is 4.68. The molecule has 0 aromatic heterocycles. The first kappa shape index (κ1) is 24.2. The number of hydrogen-bond donors (Lipinski definition) is 3. The van der Waals surface area contributed by atoms with E-state index in [0.29, 0.717) is 0 Å². The maximum absolute atomic E-state index is 14.8. The number of halogens is 13. The van der Waals surface area contributed by atoms with Gasteiger partial charge in [0.25, 0.3) is 17.3 Å². The molecule has 0 spiro atoms. The van der Waals surface area contributed by atoms with E-state index in [4.69, 9.17) is 15.3 Å². The van der Waals surface area contributed by atoms with Gasteiger partial charge < -0.3 is 15.3 Å². The first-order valence-electron chi connectivity index (χ1n) is 7.40. The third-order valence-electron chi connectivity index (χ3n) is 6.08. The second kappa shape index (κ2) is 5.60. The van der Waals surface area contributed by atoms with Crippen LogP contribution in [0.5, 0.6) is 0 Å². The zero-order chi connectivity index (χ0) is 23.3. The van der Waals surface area contributed by atoms with Crippen LogP contribution in [0.1, 0.15) is 0 Å². The summed E-state index contributed by atoms with van der Waals surface area (Å²) in [5.41, 5.74) is -25.9. The molecule has 2 bridgehead atoms. The summed E-state index contributed by atoms with van der Waals surface area (Å²) >= 11 is 0. The number of alkyl halides is 13. The van der Waals surface area contributed by atoms with Crippen molar-refractivity contribution in [3.63, 3.8) is 0 Å². The molecule has 16 heteroatoms. The largest absolute Gasteiger partial charge is 0.395 e. The third kappa shape index (κ3) is 1.65. The Bertz CT molecular complexity index is 603. The van der Waals surface area contributed by atoms with Crippen LogP contribution in [0.25, 0.3) is 0 Å². The Morgan fingerprint density at radius 2 is 0.690 bits per heavy atom. The molecule has 0 aliphatic heterocycles. The van der Waals surface area contributed by atoms with Gasteiger partial charge in [-0.3, -0.25) is 0 Å². The van der Waals surface area contributed by atoms with Gasteiger partial charge in [-0.05, 0) is 0 Å². The van der Waals surface area contributed by atoms with Crippen molar-refractivity contribution in [1.82, 2.24) is 0 Å². The van der Waals surface area contributed by atoms with Crippen molar-refractivity contribution in [2.45, 2.75) is 41.0 Å². The summed E-state index contributed by atoms with van der Waals surface area (Å²) in [5, 5.41) is 26.6. The van der Waals surface area contributed by atoms with Crippen molar-refractivity contribution < 1.29 is 72.4 Å².